The van der Waals surface area contributed by atoms with E-state index in [9.17, 15) is 0 Å². The number of nitriles is 1. The third-order valence-electron chi connectivity index (χ3n) is 1.82. The molecule has 0 saturated carbocycles. The summed E-state index contributed by atoms with van der Waals surface area (Å²) in [5, 5.41) is 8.57. The van der Waals surface area contributed by atoms with Crippen molar-refractivity contribution in [2.24, 2.45) is 0 Å². The Morgan fingerprint density at radius 2 is 2.08 bits per heavy atom. The molecule has 0 fully saturated rings. The lowest BCUT2D eigenvalue weighted by Gasteiger charge is -2.05. The molecule has 1 nitrogen and oxygen atoms in total. The lowest BCUT2D eigenvalue weighted by Crippen LogP contribution is -1.90. The molecule has 0 radical (unpaired) electrons. The predicted molar refractivity (Wildman–Crippen MR) is 52.9 cm³/mol. The molecule has 0 amide bonds. The summed E-state index contributed by atoms with van der Waals surface area (Å²) >= 11 is 3.45. The summed E-state index contributed by atoms with van der Waals surface area (Å²) < 4.78 is 1.04. The average Bonchev–Trinajstić information content (AvgIpc) is 1.96. The van der Waals surface area contributed by atoms with Crippen LogP contribution in [0.15, 0.2) is 16.6 Å². The largest absolute Gasteiger partial charge is 0.198 e. The van der Waals surface area contributed by atoms with Crippen LogP contribution in [0.2, 0.25) is 0 Å². The van der Waals surface area contributed by atoms with Crippen molar-refractivity contribution in [1.82, 2.24) is 0 Å². The van der Waals surface area contributed by atoms with E-state index in [1.807, 2.05) is 19.9 Å². The third kappa shape index (κ3) is 1.86. The molecule has 0 aliphatic carbocycles. The van der Waals surface area contributed by atoms with Gasteiger partial charge in [-0.25, -0.2) is 0 Å². The van der Waals surface area contributed by atoms with Crippen LogP contribution in [0.1, 0.15) is 16.7 Å². The van der Waals surface area contributed by atoms with Gasteiger partial charge in [0.2, 0.25) is 0 Å². The molecule has 0 aromatic heterocycles. The monoisotopic (exact) mass is 223 g/mol. The molecule has 0 unspecified atom stereocenters. The minimum absolute atomic E-state index is 0.479. The first-order chi connectivity index (χ1) is 5.65. The highest BCUT2D eigenvalue weighted by atomic mass is 79.9. The van der Waals surface area contributed by atoms with Gasteiger partial charge in [0.05, 0.1) is 12.5 Å². The number of benzene rings is 1. The van der Waals surface area contributed by atoms with Crippen LogP contribution >= 0.6 is 15.9 Å². The fourth-order valence-corrected chi connectivity index (χ4v) is 2.06. The Balaban J connectivity index is 3.21. The molecule has 0 aliphatic rings. The normalized spacial score (nSPS) is 9.50. The lowest BCUT2D eigenvalue weighted by molar-refractivity contribution is 1.18. The van der Waals surface area contributed by atoms with Gasteiger partial charge in [0.15, 0.2) is 0 Å². The molecule has 1 aromatic carbocycles. The second-order valence-corrected chi connectivity index (χ2v) is 3.73. The second kappa shape index (κ2) is 3.73. The molecule has 0 atom stereocenters. The van der Waals surface area contributed by atoms with Crippen LogP contribution in [0.25, 0.3) is 0 Å². The molecular formula is C10H10BrN. The first-order valence-electron chi connectivity index (χ1n) is 3.77. The summed E-state index contributed by atoms with van der Waals surface area (Å²) in [4.78, 5) is 0. The SMILES string of the molecule is Cc1cc(C)c(CC#N)c(Br)c1. The van der Waals surface area contributed by atoms with Gasteiger partial charge >= 0.3 is 0 Å². The Hall–Kier alpha value is -0.810. The maximum atomic E-state index is 8.57. The molecule has 0 bridgehead atoms. The number of rotatable bonds is 1. The van der Waals surface area contributed by atoms with Gasteiger partial charge in [0, 0.05) is 4.47 Å². The van der Waals surface area contributed by atoms with Crippen LogP contribution < -0.4 is 0 Å². The summed E-state index contributed by atoms with van der Waals surface area (Å²) in [7, 11) is 0. The number of nitrogens with zero attached hydrogens (tertiary/aromatic N) is 1. The van der Waals surface area contributed by atoms with Crippen molar-refractivity contribution in [3.8, 4) is 6.07 Å². The summed E-state index contributed by atoms with van der Waals surface area (Å²) in [6.45, 7) is 4.08. The van der Waals surface area contributed by atoms with E-state index >= 15 is 0 Å². The van der Waals surface area contributed by atoms with Crippen molar-refractivity contribution >= 4 is 15.9 Å². The fraction of sp³-hybridized carbons (Fsp3) is 0.300. The molecule has 1 rings (SSSR count). The van der Waals surface area contributed by atoms with E-state index < -0.39 is 0 Å². The van der Waals surface area contributed by atoms with Gasteiger partial charge in [-0.2, -0.15) is 5.26 Å². The third-order valence-corrected chi connectivity index (χ3v) is 2.53. The summed E-state index contributed by atoms with van der Waals surface area (Å²) in [6, 6.07) is 6.29. The number of halogens is 1. The molecule has 62 valence electrons. The Kier molecular flexibility index (Phi) is 2.88. The van der Waals surface area contributed by atoms with Crippen molar-refractivity contribution in [3.05, 3.63) is 33.3 Å². The van der Waals surface area contributed by atoms with Crippen molar-refractivity contribution in [2.45, 2.75) is 20.3 Å². The van der Waals surface area contributed by atoms with E-state index in [0.717, 1.165) is 10.0 Å². The van der Waals surface area contributed by atoms with Crippen molar-refractivity contribution in [2.75, 3.05) is 0 Å². The van der Waals surface area contributed by atoms with Gasteiger partial charge in [0.25, 0.3) is 0 Å². The molecular weight excluding hydrogens is 214 g/mol. The molecule has 12 heavy (non-hydrogen) atoms. The Morgan fingerprint density at radius 1 is 1.42 bits per heavy atom. The number of aryl methyl sites for hydroxylation is 2. The van der Waals surface area contributed by atoms with Crippen molar-refractivity contribution in [3.63, 3.8) is 0 Å². The zero-order valence-electron chi connectivity index (χ0n) is 7.19. The van der Waals surface area contributed by atoms with Gasteiger partial charge < -0.3 is 0 Å². The Labute approximate surface area is 81.2 Å². The molecule has 0 saturated heterocycles. The minimum atomic E-state index is 0.479. The van der Waals surface area contributed by atoms with E-state index in [4.69, 9.17) is 5.26 Å². The van der Waals surface area contributed by atoms with Crippen molar-refractivity contribution < 1.29 is 0 Å². The molecule has 0 aliphatic heterocycles. The van der Waals surface area contributed by atoms with Crippen LogP contribution in [0.4, 0.5) is 0 Å². The number of hydrogen-bond donors (Lipinski definition) is 0. The second-order valence-electron chi connectivity index (χ2n) is 2.88. The topological polar surface area (TPSA) is 23.8 Å². The maximum absolute atomic E-state index is 8.57. The lowest BCUT2D eigenvalue weighted by atomic mass is 10.0. The standard InChI is InChI=1S/C10H10BrN/c1-7-5-8(2)9(3-4-12)10(11)6-7/h5-6H,3H2,1-2H3. The smallest absolute Gasteiger partial charge is 0.0670 e. The number of hydrogen-bond acceptors (Lipinski definition) is 1. The van der Waals surface area contributed by atoms with Crippen LogP contribution in [-0.4, -0.2) is 0 Å². The van der Waals surface area contributed by atoms with E-state index in [2.05, 4.69) is 28.1 Å². The van der Waals surface area contributed by atoms with Crippen LogP contribution in [0.5, 0.6) is 0 Å². The average molecular weight is 224 g/mol. The minimum Gasteiger partial charge on any atom is -0.198 e. The molecule has 2 heteroatoms. The molecule has 0 N–H and O–H groups in total. The van der Waals surface area contributed by atoms with E-state index in [1.165, 1.54) is 11.1 Å². The predicted octanol–water partition coefficient (Wildman–Crippen LogP) is 3.13. The van der Waals surface area contributed by atoms with E-state index in [-0.39, 0.29) is 0 Å². The quantitative estimate of drug-likeness (QED) is 0.718. The van der Waals surface area contributed by atoms with Gasteiger partial charge in [-0.05, 0) is 36.6 Å². The Bertz CT molecular complexity index is 313. The first-order valence-corrected chi connectivity index (χ1v) is 4.57. The summed E-state index contributed by atoms with van der Waals surface area (Å²) in [6.07, 6.45) is 0.479. The fourth-order valence-electron chi connectivity index (χ4n) is 1.25. The van der Waals surface area contributed by atoms with Gasteiger partial charge in [-0.15, -0.1) is 0 Å². The van der Waals surface area contributed by atoms with Gasteiger partial charge in [-0.3, -0.25) is 0 Å². The summed E-state index contributed by atoms with van der Waals surface area (Å²) in [5.74, 6) is 0. The van der Waals surface area contributed by atoms with E-state index in [1.54, 1.807) is 0 Å². The Morgan fingerprint density at radius 3 is 2.58 bits per heavy atom. The van der Waals surface area contributed by atoms with Crippen LogP contribution in [-0.2, 0) is 6.42 Å². The van der Waals surface area contributed by atoms with Gasteiger partial charge in [0.1, 0.15) is 0 Å². The highest BCUT2D eigenvalue weighted by molar-refractivity contribution is 9.10. The van der Waals surface area contributed by atoms with Gasteiger partial charge in [-0.1, -0.05) is 22.0 Å². The highest BCUT2D eigenvalue weighted by Gasteiger charge is 2.03. The van der Waals surface area contributed by atoms with Crippen LogP contribution in [0.3, 0.4) is 0 Å². The van der Waals surface area contributed by atoms with Crippen molar-refractivity contribution in [1.29, 1.82) is 5.26 Å². The van der Waals surface area contributed by atoms with Crippen LogP contribution in [0, 0.1) is 25.2 Å². The van der Waals surface area contributed by atoms with E-state index in [0.29, 0.717) is 6.42 Å². The highest BCUT2D eigenvalue weighted by Crippen LogP contribution is 2.22. The molecule has 0 heterocycles. The summed E-state index contributed by atoms with van der Waals surface area (Å²) in [5.41, 5.74) is 3.51. The molecule has 0 spiro atoms. The zero-order valence-corrected chi connectivity index (χ0v) is 8.77. The maximum Gasteiger partial charge on any atom is 0.0670 e. The molecule has 1 aromatic rings. The zero-order chi connectivity index (χ0) is 9.14. The first kappa shape index (κ1) is 9.28.